The second-order valence-corrected chi connectivity index (χ2v) is 5.68. The van der Waals surface area contributed by atoms with E-state index in [9.17, 15) is 13.2 Å². The van der Waals surface area contributed by atoms with Crippen LogP contribution >= 0.6 is 15.9 Å². The van der Waals surface area contributed by atoms with Gasteiger partial charge in [0.25, 0.3) is 0 Å². The van der Waals surface area contributed by atoms with Crippen LogP contribution in [0, 0.1) is 0 Å². The average Bonchev–Trinajstić information content (AvgIpc) is 2.37. The number of nitrogens with two attached hydrogens (primary N) is 1. The first-order valence-corrected chi connectivity index (χ1v) is 6.99. The number of nitrogen functional groups attached to an aromatic ring is 1. The molecule has 0 heterocycles. The van der Waals surface area contributed by atoms with E-state index in [0.29, 0.717) is 6.54 Å². The normalized spacial score (nSPS) is 11.5. The van der Waals surface area contributed by atoms with Gasteiger partial charge in [-0.15, -0.1) is 0 Å². The third-order valence-corrected chi connectivity index (χ3v) is 3.54. The van der Waals surface area contributed by atoms with Gasteiger partial charge in [0, 0.05) is 29.4 Å². The highest BCUT2D eigenvalue weighted by Crippen LogP contribution is 2.37. The third kappa shape index (κ3) is 3.91. The van der Waals surface area contributed by atoms with Crippen molar-refractivity contribution in [2.75, 3.05) is 17.7 Å². The van der Waals surface area contributed by atoms with Crippen LogP contribution in [0.5, 0.6) is 0 Å². The maximum atomic E-state index is 13.1. The van der Waals surface area contributed by atoms with Crippen molar-refractivity contribution in [2.24, 2.45) is 0 Å². The minimum Gasteiger partial charge on any atom is -0.399 e. The Labute approximate surface area is 129 Å². The summed E-state index contributed by atoms with van der Waals surface area (Å²) < 4.78 is 40.2. The molecule has 0 fully saturated rings. The summed E-state index contributed by atoms with van der Waals surface area (Å²) in [5, 5.41) is 0. The molecule has 0 unspecified atom stereocenters. The first-order valence-electron chi connectivity index (χ1n) is 6.19. The third-order valence-electron chi connectivity index (χ3n) is 3.05. The van der Waals surface area contributed by atoms with E-state index in [1.165, 1.54) is 12.1 Å². The van der Waals surface area contributed by atoms with Crippen LogP contribution in [0.15, 0.2) is 46.9 Å². The predicted octanol–water partition coefficient (Wildman–Crippen LogP) is 4.69. The molecule has 0 radical (unpaired) electrons. The molecule has 2 aromatic rings. The monoisotopic (exact) mass is 358 g/mol. The van der Waals surface area contributed by atoms with Gasteiger partial charge in [-0.3, -0.25) is 0 Å². The topological polar surface area (TPSA) is 29.3 Å². The molecule has 0 atom stereocenters. The number of benzene rings is 2. The number of anilines is 2. The number of rotatable bonds is 3. The summed E-state index contributed by atoms with van der Waals surface area (Å²) in [6, 6.07) is 11.3. The van der Waals surface area contributed by atoms with Crippen LogP contribution in [0.2, 0.25) is 0 Å². The molecule has 0 aliphatic heterocycles. The highest BCUT2D eigenvalue weighted by molar-refractivity contribution is 9.10. The molecule has 21 heavy (non-hydrogen) atoms. The van der Waals surface area contributed by atoms with E-state index in [4.69, 9.17) is 5.73 Å². The minimum absolute atomic E-state index is 0.0990. The summed E-state index contributed by atoms with van der Waals surface area (Å²) in [6.07, 6.45) is -4.43. The second-order valence-electron chi connectivity index (χ2n) is 4.76. The smallest absolute Gasteiger partial charge is 0.399 e. The van der Waals surface area contributed by atoms with Gasteiger partial charge in [0.05, 0.1) is 5.56 Å². The molecule has 0 saturated heterocycles. The molecule has 2 aromatic carbocycles. The van der Waals surface area contributed by atoms with Crippen molar-refractivity contribution < 1.29 is 13.2 Å². The molecule has 0 aliphatic rings. The second kappa shape index (κ2) is 5.97. The lowest BCUT2D eigenvalue weighted by Crippen LogP contribution is -2.21. The van der Waals surface area contributed by atoms with Crippen molar-refractivity contribution in [1.82, 2.24) is 0 Å². The lowest BCUT2D eigenvalue weighted by molar-refractivity contribution is -0.137. The molecule has 2 N–H and O–H groups in total. The maximum absolute atomic E-state index is 13.1. The van der Waals surface area contributed by atoms with Gasteiger partial charge in [-0.05, 0) is 35.9 Å². The lowest BCUT2D eigenvalue weighted by atomic mass is 10.1. The number of hydrogen-bond donors (Lipinski definition) is 1. The van der Waals surface area contributed by atoms with E-state index in [1.54, 1.807) is 11.9 Å². The van der Waals surface area contributed by atoms with Crippen molar-refractivity contribution in [3.63, 3.8) is 0 Å². The Balaban J connectivity index is 2.33. The molecular weight excluding hydrogens is 345 g/mol. The number of nitrogens with zero attached hydrogens (tertiary/aromatic N) is 1. The van der Waals surface area contributed by atoms with Gasteiger partial charge in [0.1, 0.15) is 0 Å². The minimum atomic E-state index is -4.43. The first-order chi connectivity index (χ1) is 9.77. The van der Waals surface area contributed by atoms with Gasteiger partial charge in [0.2, 0.25) is 0 Å². The molecule has 0 bridgehead atoms. The van der Waals surface area contributed by atoms with E-state index in [2.05, 4.69) is 15.9 Å². The summed E-state index contributed by atoms with van der Waals surface area (Å²) in [5.74, 6) is 0. The fraction of sp³-hybridized carbons (Fsp3) is 0.200. The Bertz CT molecular complexity index is 641. The van der Waals surface area contributed by atoms with Gasteiger partial charge in [-0.25, -0.2) is 0 Å². The fourth-order valence-electron chi connectivity index (χ4n) is 2.11. The van der Waals surface area contributed by atoms with Crippen molar-refractivity contribution in [1.29, 1.82) is 0 Å². The summed E-state index contributed by atoms with van der Waals surface area (Å²) in [5.41, 5.74) is 5.87. The van der Waals surface area contributed by atoms with Crippen molar-refractivity contribution >= 4 is 27.3 Å². The Kier molecular flexibility index (Phi) is 4.46. The van der Waals surface area contributed by atoms with Crippen LogP contribution in [0.4, 0.5) is 24.5 Å². The molecule has 112 valence electrons. The van der Waals surface area contributed by atoms with E-state index in [-0.39, 0.29) is 11.4 Å². The Morgan fingerprint density at radius 2 is 1.86 bits per heavy atom. The highest BCUT2D eigenvalue weighted by Gasteiger charge is 2.34. The standard InChI is InChI=1S/C15H14BrF3N2/c1-21(9-10-3-2-4-11(16)7-10)14-6-5-12(20)8-13(14)15(17,18)19/h2-8H,9,20H2,1H3. The van der Waals surface area contributed by atoms with E-state index >= 15 is 0 Å². The van der Waals surface area contributed by atoms with Gasteiger partial charge in [-0.2, -0.15) is 13.2 Å². The quantitative estimate of drug-likeness (QED) is 0.806. The fourth-order valence-corrected chi connectivity index (χ4v) is 2.55. The molecule has 6 heteroatoms. The van der Waals surface area contributed by atoms with Gasteiger partial charge >= 0.3 is 6.18 Å². The maximum Gasteiger partial charge on any atom is 0.418 e. The molecular formula is C15H14BrF3N2. The van der Waals surface area contributed by atoms with Crippen LogP contribution in [0.1, 0.15) is 11.1 Å². The van der Waals surface area contributed by atoms with Gasteiger partial charge < -0.3 is 10.6 Å². The number of alkyl halides is 3. The largest absolute Gasteiger partial charge is 0.418 e. The summed E-state index contributed by atoms with van der Waals surface area (Å²) in [7, 11) is 1.63. The van der Waals surface area contributed by atoms with Crippen LogP contribution in [0.25, 0.3) is 0 Å². The number of hydrogen-bond acceptors (Lipinski definition) is 2. The first kappa shape index (κ1) is 15.7. The van der Waals surface area contributed by atoms with Crippen LogP contribution in [-0.4, -0.2) is 7.05 Å². The van der Waals surface area contributed by atoms with E-state index in [0.717, 1.165) is 16.1 Å². The van der Waals surface area contributed by atoms with Crippen LogP contribution in [0.3, 0.4) is 0 Å². The molecule has 0 aliphatic carbocycles. The SMILES string of the molecule is CN(Cc1cccc(Br)c1)c1ccc(N)cc1C(F)(F)F. The predicted molar refractivity (Wildman–Crippen MR) is 82.1 cm³/mol. The summed E-state index contributed by atoms with van der Waals surface area (Å²) in [4.78, 5) is 1.56. The van der Waals surface area contributed by atoms with Crippen LogP contribution < -0.4 is 10.6 Å². The molecule has 0 spiro atoms. The number of halogens is 4. The average molecular weight is 359 g/mol. The summed E-state index contributed by atoms with van der Waals surface area (Å²) >= 11 is 3.35. The van der Waals surface area contributed by atoms with Gasteiger partial charge in [-0.1, -0.05) is 28.1 Å². The molecule has 2 nitrogen and oxygen atoms in total. The van der Waals surface area contributed by atoms with Crippen LogP contribution in [-0.2, 0) is 12.7 Å². The molecule has 0 amide bonds. The Hall–Kier alpha value is -1.69. The van der Waals surface area contributed by atoms with E-state index in [1.807, 2.05) is 24.3 Å². The Morgan fingerprint density at radius 1 is 1.14 bits per heavy atom. The Morgan fingerprint density at radius 3 is 2.48 bits per heavy atom. The summed E-state index contributed by atoms with van der Waals surface area (Å²) in [6.45, 7) is 0.367. The molecule has 2 rings (SSSR count). The molecule has 0 aromatic heterocycles. The van der Waals surface area contributed by atoms with E-state index < -0.39 is 11.7 Å². The van der Waals surface area contributed by atoms with Crippen molar-refractivity contribution in [2.45, 2.75) is 12.7 Å². The zero-order valence-corrected chi connectivity index (χ0v) is 12.9. The lowest BCUT2D eigenvalue weighted by Gasteiger charge is -2.24. The van der Waals surface area contributed by atoms with Crippen molar-refractivity contribution in [3.8, 4) is 0 Å². The zero-order valence-electron chi connectivity index (χ0n) is 11.3. The highest BCUT2D eigenvalue weighted by atomic mass is 79.9. The molecule has 0 saturated carbocycles. The van der Waals surface area contributed by atoms with Gasteiger partial charge in [0.15, 0.2) is 0 Å². The zero-order chi connectivity index (χ0) is 15.6. The van der Waals surface area contributed by atoms with Crippen molar-refractivity contribution in [3.05, 3.63) is 58.1 Å².